The SMILES string of the molecule is CCCNC(Cc1c(Br)c(C)nn1C)C1CCCO1. The molecule has 1 aliphatic heterocycles. The van der Waals surface area contributed by atoms with Crippen LogP contribution in [-0.4, -0.2) is 35.1 Å². The lowest BCUT2D eigenvalue weighted by Gasteiger charge is -2.24. The first-order chi connectivity index (χ1) is 9.13. The zero-order valence-corrected chi connectivity index (χ0v) is 13.7. The molecule has 1 fully saturated rings. The van der Waals surface area contributed by atoms with Gasteiger partial charge in [0.25, 0.3) is 0 Å². The molecular formula is C14H24BrN3O. The fourth-order valence-electron chi connectivity index (χ4n) is 2.69. The van der Waals surface area contributed by atoms with E-state index in [1.54, 1.807) is 0 Å². The maximum absolute atomic E-state index is 5.86. The molecule has 1 saturated heterocycles. The molecule has 5 heteroatoms. The largest absolute Gasteiger partial charge is 0.377 e. The highest BCUT2D eigenvalue weighted by Crippen LogP contribution is 2.24. The second-order valence-corrected chi connectivity index (χ2v) is 6.08. The minimum atomic E-state index is 0.341. The van der Waals surface area contributed by atoms with E-state index in [4.69, 9.17) is 4.74 Å². The van der Waals surface area contributed by atoms with Gasteiger partial charge in [0.1, 0.15) is 0 Å². The number of hydrogen-bond acceptors (Lipinski definition) is 3. The average Bonchev–Trinajstić information content (AvgIpc) is 2.98. The van der Waals surface area contributed by atoms with Gasteiger partial charge >= 0.3 is 0 Å². The van der Waals surface area contributed by atoms with Crippen molar-refractivity contribution < 1.29 is 4.74 Å². The van der Waals surface area contributed by atoms with Crippen molar-refractivity contribution in [3.05, 3.63) is 15.9 Å². The van der Waals surface area contributed by atoms with Gasteiger partial charge < -0.3 is 10.1 Å². The van der Waals surface area contributed by atoms with Gasteiger partial charge in [0, 0.05) is 26.1 Å². The van der Waals surface area contributed by atoms with E-state index in [0.717, 1.165) is 42.6 Å². The predicted octanol–water partition coefficient (Wildman–Crippen LogP) is 2.58. The maximum atomic E-state index is 5.86. The zero-order valence-electron chi connectivity index (χ0n) is 12.1. The Morgan fingerprint density at radius 1 is 1.58 bits per heavy atom. The van der Waals surface area contributed by atoms with E-state index < -0.39 is 0 Å². The molecule has 1 N–H and O–H groups in total. The summed E-state index contributed by atoms with van der Waals surface area (Å²) in [7, 11) is 2.01. The monoisotopic (exact) mass is 329 g/mol. The van der Waals surface area contributed by atoms with Crippen LogP contribution >= 0.6 is 15.9 Å². The molecule has 2 atom stereocenters. The van der Waals surface area contributed by atoms with Gasteiger partial charge in [-0.1, -0.05) is 6.92 Å². The Morgan fingerprint density at radius 2 is 2.37 bits per heavy atom. The van der Waals surface area contributed by atoms with Crippen molar-refractivity contribution >= 4 is 15.9 Å². The van der Waals surface area contributed by atoms with Crippen LogP contribution in [0.1, 0.15) is 37.6 Å². The number of aryl methyl sites for hydroxylation is 2. The molecule has 0 saturated carbocycles. The third-order valence-electron chi connectivity index (χ3n) is 3.75. The first kappa shape index (κ1) is 15.0. The van der Waals surface area contributed by atoms with Crippen LogP contribution in [0.4, 0.5) is 0 Å². The molecule has 1 aromatic rings. The van der Waals surface area contributed by atoms with Gasteiger partial charge in [-0.05, 0) is 48.7 Å². The summed E-state index contributed by atoms with van der Waals surface area (Å²) in [5.41, 5.74) is 2.31. The normalized spacial score (nSPS) is 20.9. The fraction of sp³-hybridized carbons (Fsp3) is 0.786. The van der Waals surface area contributed by atoms with E-state index >= 15 is 0 Å². The predicted molar refractivity (Wildman–Crippen MR) is 80.4 cm³/mol. The quantitative estimate of drug-likeness (QED) is 0.871. The molecule has 0 bridgehead atoms. The number of hydrogen-bond donors (Lipinski definition) is 1. The average molecular weight is 330 g/mol. The molecular weight excluding hydrogens is 306 g/mol. The van der Waals surface area contributed by atoms with E-state index in [9.17, 15) is 0 Å². The van der Waals surface area contributed by atoms with Gasteiger partial charge in [-0.25, -0.2) is 0 Å². The van der Waals surface area contributed by atoms with Crippen molar-refractivity contribution in [2.24, 2.45) is 7.05 Å². The van der Waals surface area contributed by atoms with E-state index in [1.165, 1.54) is 12.1 Å². The molecule has 19 heavy (non-hydrogen) atoms. The van der Waals surface area contributed by atoms with Gasteiger partial charge in [-0.2, -0.15) is 5.10 Å². The summed E-state index contributed by atoms with van der Waals surface area (Å²) in [6.45, 7) is 6.18. The molecule has 0 aromatic carbocycles. The molecule has 0 amide bonds. The van der Waals surface area contributed by atoms with Crippen LogP contribution in [0.5, 0.6) is 0 Å². The van der Waals surface area contributed by atoms with Crippen molar-refractivity contribution in [1.82, 2.24) is 15.1 Å². The van der Waals surface area contributed by atoms with Crippen LogP contribution in [0.2, 0.25) is 0 Å². The number of nitrogens with zero attached hydrogens (tertiary/aromatic N) is 2. The van der Waals surface area contributed by atoms with Crippen LogP contribution in [0, 0.1) is 6.92 Å². The Hall–Kier alpha value is -0.390. The summed E-state index contributed by atoms with van der Waals surface area (Å²) >= 11 is 3.65. The van der Waals surface area contributed by atoms with Gasteiger partial charge in [-0.3, -0.25) is 4.68 Å². The van der Waals surface area contributed by atoms with Crippen molar-refractivity contribution in [1.29, 1.82) is 0 Å². The second-order valence-electron chi connectivity index (χ2n) is 5.29. The number of aromatic nitrogens is 2. The number of halogens is 1. The number of ether oxygens (including phenoxy) is 1. The Morgan fingerprint density at radius 3 is 2.89 bits per heavy atom. The van der Waals surface area contributed by atoms with Crippen LogP contribution in [0.25, 0.3) is 0 Å². The minimum Gasteiger partial charge on any atom is -0.377 e. The molecule has 108 valence electrons. The minimum absolute atomic E-state index is 0.341. The lowest BCUT2D eigenvalue weighted by atomic mass is 10.0. The summed E-state index contributed by atoms with van der Waals surface area (Å²) < 4.78 is 8.98. The summed E-state index contributed by atoms with van der Waals surface area (Å²) in [5, 5.41) is 8.11. The Bertz CT molecular complexity index is 413. The third-order valence-corrected chi connectivity index (χ3v) is 4.78. The Kier molecular flexibility index (Phi) is 5.42. The molecule has 2 rings (SSSR count). The molecule has 0 aliphatic carbocycles. The summed E-state index contributed by atoms with van der Waals surface area (Å²) in [4.78, 5) is 0. The maximum Gasteiger partial charge on any atom is 0.0738 e. The van der Waals surface area contributed by atoms with Gasteiger partial charge in [-0.15, -0.1) is 0 Å². The molecule has 0 spiro atoms. The van der Waals surface area contributed by atoms with Gasteiger partial charge in [0.05, 0.1) is 22.0 Å². The smallest absolute Gasteiger partial charge is 0.0738 e. The lowest BCUT2D eigenvalue weighted by molar-refractivity contribution is 0.0778. The molecule has 4 nitrogen and oxygen atoms in total. The third kappa shape index (κ3) is 3.58. The standard InChI is InChI=1S/C14H24BrN3O/c1-4-7-16-11(13-6-5-8-19-13)9-12-14(15)10(2)17-18(12)3/h11,13,16H,4-9H2,1-3H3. The zero-order chi connectivity index (χ0) is 13.8. The van der Waals surface area contributed by atoms with Crippen molar-refractivity contribution in [2.75, 3.05) is 13.2 Å². The number of nitrogens with one attached hydrogen (secondary N) is 1. The Labute approximate surface area is 124 Å². The summed E-state index contributed by atoms with van der Waals surface area (Å²) in [6.07, 6.45) is 4.79. The Balaban J connectivity index is 2.09. The van der Waals surface area contributed by atoms with Crippen LogP contribution in [-0.2, 0) is 18.2 Å². The van der Waals surface area contributed by atoms with Crippen LogP contribution < -0.4 is 5.32 Å². The van der Waals surface area contributed by atoms with Gasteiger partial charge in [0.15, 0.2) is 0 Å². The van der Waals surface area contributed by atoms with Crippen molar-refractivity contribution in [3.8, 4) is 0 Å². The lowest BCUT2D eigenvalue weighted by Crippen LogP contribution is -2.42. The fourth-order valence-corrected chi connectivity index (χ4v) is 3.19. The van der Waals surface area contributed by atoms with Gasteiger partial charge in [0.2, 0.25) is 0 Å². The molecule has 1 aromatic heterocycles. The van der Waals surface area contributed by atoms with E-state index in [0.29, 0.717) is 12.1 Å². The van der Waals surface area contributed by atoms with Crippen molar-refractivity contribution in [3.63, 3.8) is 0 Å². The highest BCUT2D eigenvalue weighted by atomic mass is 79.9. The van der Waals surface area contributed by atoms with Crippen molar-refractivity contribution in [2.45, 2.75) is 51.7 Å². The van der Waals surface area contributed by atoms with E-state index in [-0.39, 0.29) is 0 Å². The van der Waals surface area contributed by atoms with E-state index in [2.05, 4.69) is 33.3 Å². The molecule has 2 heterocycles. The topological polar surface area (TPSA) is 39.1 Å². The van der Waals surface area contributed by atoms with Crippen LogP contribution in [0.3, 0.4) is 0 Å². The highest BCUT2D eigenvalue weighted by Gasteiger charge is 2.27. The highest BCUT2D eigenvalue weighted by molar-refractivity contribution is 9.10. The van der Waals surface area contributed by atoms with E-state index in [1.807, 2.05) is 18.7 Å². The number of rotatable bonds is 6. The molecule has 1 aliphatic rings. The molecule has 2 unspecified atom stereocenters. The first-order valence-corrected chi connectivity index (χ1v) is 7.95. The van der Waals surface area contributed by atoms with Crippen LogP contribution in [0.15, 0.2) is 4.47 Å². The second kappa shape index (κ2) is 6.86. The summed E-state index contributed by atoms with van der Waals surface area (Å²) in [6, 6.07) is 0.383. The molecule has 0 radical (unpaired) electrons. The first-order valence-electron chi connectivity index (χ1n) is 7.16. The summed E-state index contributed by atoms with van der Waals surface area (Å²) in [5.74, 6) is 0.